The van der Waals surface area contributed by atoms with E-state index >= 15 is 0 Å². The molecule has 1 saturated heterocycles. The smallest absolute Gasteiger partial charge is 0.416 e. The molecule has 166 valence electrons. The first kappa shape index (κ1) is 20.7. The van der Waals surface area contributed by atoms with E-state index in [1.54, 1.807) is 12.1 Å². The molecule has 9 heteroatoms. The van der Waals surface area contributed by atoms with Gasteiger partial charge in [-0.3, -0.25) is 4.79 Å². The Bertz CT molecular complexity index is 1130. The molecule has 32 heavy (non-hydrogen) atoms. The van der Waals surface area contributed by atoms with Gasteiger partial charge < -0.3 is 10.0 Å². The van der Waals surface area contributed by atoms with Crippen LogP contribution >= 0.6 is 0 Å². The molecule has 5 nitrogen and oxygen atoms in total. The second kappa shape index (κ2) is 6.88. The van der Waals surface area contributed by atoms with E-state index in [0.717, 1.165) is 18.2 Å². The summed E-state index contributed by atoms with van der Waals surface area (Å²) in [6.07, 6.45) is -0.302. The summed E-state index contributed by atoms with van der Waals surface area (Å²) in [6, 6.07) is 8.73. The first-order valence-electron chi connectivity index (χ1n) is 10.2. The average Bonchev–Trinajstić information content (AvgIpc) is 3.17. The van der Waals surface area contributed by atoms with Crippen LogP contribution in [-0.2, 0) is 11.7 Å². The quantitative estimate of drug-likeness (QED) is 0.654. The Morgan fingerprint density at radius 3 is 2.50 bits per heavy atom. The van der Waals surface area contributed by atoms with E-state index in [0.29, 0.717) is 25.9 Å². The molecule has 1 unspecified atom stereocenters. The van der Waals surface area contributed by atoms with Gasteiger partial charge in [0.15, 0.2) is 0 Å². The van der Waals surface area contributed by atoms with Crippen LogP contribution in [0.4, 0.5) is 17.6 Å². The topological polar surface area (TPSA) is 65.3 Å². The van der Waals surface area contributed by atoms with Crippen LogP contribution in [0.25, 0.3) is 0 Å². The third-order valence-corrected chi connectivity index (χ3v) is 6.78. The summed E-state index contributed by atoms with van der Waals surface area (Å²) in [5, 5.41) is 17.7. The lowest BCUT2D eigenvalue weighted by molar-refractivity contribution is -0.140. The van der Waals surface area contributed by atoms with Crippen LogP contribution in [0.5, 0.6) is 5.75 Å². The van der Waals surface area contributed by atoms with Gasteiger partial charge in [-0.05, 0) is 54.7 Å². The van der Waals surface area contributed by atoms with Gasteiger partial charge in [-0.15, -0.1) is 0 Å². The molecule has 2 aliphatic heterocycles. The number of phenolic OH excluding ortho intramolecular Hbond substituents is 1. The van der Waals surface area contributed by atoms with Gasteiger partial charge >= 0.3 is 6.18 Å². The molecule has 1 saturated carbocycles. The number of benzene rings is 2. The summed E-state index contributed by atoms with van der Waals surface area (Å²) in [4.78, 5) is 14.1. The number of halogens is 4. The molecule has 2 aromatic rings. The summed E-state index contributed by atoms with van der Waals surface area (Å²) >= 11 is 0. The first-order valence-corrected chi connectivity index (χ1v) is 10.2. The Morgan fingerprint density at radius 1 is 1.12 bits per heavy atom. The van der Waals surface area contributed by atoms with Crippen molar-refractivity contribution in [1.29, 1.82) is 0 Å². The van der Waals surface area contributed by atoms with Crippen molar-refractivity contribution < 1.29 is 27.5 Å². The SMILES string of the molecule is O=C(c1cc(O)ccc1F)N1CC2(CC(C3(c4ccccc4C(F)(F)F)C=CN=N3)C2)C1. The van der Waals surface area contributed by atoms with Gasteiger partial charge in [-0.25, -0.2) is 4.39 Å². The van der Waals surface area contributed by atoms with Gasteiger partial charge in [0.1, 0.15) is 17.1 Å². The standard InChI is InChI=1S/C23H19F4N3O2/c24-19-6-5-15(31)9-16(19)20(32)30-12-21(13-30)10-14(11-21)22(7-8-28-29-22)17-3-1-2-4-18(17)23(25,26)27/h1-9,14,31H,10-13H2. The number of hydrogen-bond acceptors (Lipinski definition) is 4. The van der Waals surface area contributed by atoms with E-state index in [9.17, 15) is 27.5 Å². The van der Waals surface area contributed by atoms with E-state index in [1.165, 1.54) is 29.3 Å². The van der Waals surface area contributed by atoms with E-state index in [4.69, 9.17) is 0 Å². The maximum Gasteiger partial charge on any atom is 0.416 e. The van der Waals surface area contributed by atoms with E-state index < -0.39 is 29.0 Å². The van der Waals surface area contributed by atoms with E-state index in [-0.39, 0.29) is 28.2 Å². The predicted octanol–water partition coefficient (Wildman–Crippen LogP) is 5.28. The number of carbonyl (C=O) groups excluding carboxylic acids is 1. The Hall–Kier alpha value is -3.23. The van der Waals surface area contributed by atoms with Gasteiger partial charge in [0.2, 0.25) is 0 Å². The number of alkyl halides is 3. The van der Waals surface area contributed by atoms with E-state index in [2.05, 4.69) is 10.2 Å². The molecule has 0 aromatic heterocycles. The fourth-order valence-corrected chi connectivity index (χ4v) is 5.28. The largest absolute Gasteiger partial charge is 0.508 e. The van der Waals surface area contributed by atoms with Gasteiger partial charge in [0.25, 0.3) is 5.91 Å². The number of amides is 1. The highest BCUT2D eigenvalue weighted by Crippen LogP contribution is 2.61. The van der Waals surface area contributed by atoms with Crippen molar-refractivity contribution in [3.63, 3.8) is 0 Å². The Labute approximate surface area is 181 Å². The normalized spacial score (nSPS) is 23.9. The maximum absolute atomic E-state index is 14.0. The van der Waals surface area contributed by atoms with Crippen LogP contribution in [0.2, 0.25) is 0 Å². The van der Waals surface area contributed by atoms with Crippen molar-refractivity contribution in [2.45, 2.75) is 24.6 Å². The van der Waals surface area contributed by atoms with Crippen molar-refractivity contribution in [2.75, 3.05) is 13.1 Å². The lowest BCUT2D eigenvalue weighted by Crippen LogP contribution is -2.65. The summed E-state index contributed by atoms with van der Waals surface area (Å²) < 4.78 is 55.0. The number of phenols is 1. The summed E-state index contributed by atoms with van der Waals surface area (Å²) in [5.74, 6) is -1.61. The van der Waals surface area contributed by atoms with Crippen LogP contribution in [0.1, 0.15) is 34.3 Å². The zero-order valence-corrected chi connectivity index (χ0v) is 16.8. The molecule has 1 aliphatic carbocycles. The highest BCUT2D eigenvalue weighted by Gasteiger charge is 2.60. The van der Waals surface area contributed by atoms with Gasteiger partial charge in [0.05, 0.1) is 11.1 Å². The number of azo groups is 1. The van der Waals surface area contributed by atoms with Crippen molar-refractivity contribution in [1.82, 2.24) is 4.90 Å². The molecule has 5 rings (SSSR count). The lowest BCUT2D eigenvalue weighted by atomic mass is 9.51. The minimum absolute atomic E-state index is 0.0823. The van der Waals surface area contributed by atoms with Crippen LogP contribution in [0.15, 0.2) is 65.0 Å². The minimum Gasteiger partial charge on any atom is -0.508 e. The van der Waals surface area contributed by atoms with Crippen molar-refractivity contribution in [2.24, 2.45) is 21.6 Å². The number of nitrogens with zero attached hydrogens (tertiary/aromatic N) is 3. The monoisotopic (exact) mass is 445 g/mol. The molecule has 2 aromatic carbocycles. The first-order chi connectivity index (χ1) is 15.1. The molecule has 3 aliphatic rings. The van der Waals surface area contributed by atoms with Crippen LogP contribution < -0.4 is 0 Å². The van der Waals surface area contributed by atoms with Crippen molar-refractivity contribution in [3.05, 3.63) is 77.2 Å². The third-order valence-electron chi connectivity index (χ3n) is 6.78. The van der Waals surface area contributed by atoms with Crippen molar-refractivity contribution >= 4 is 5.91 Å². The van der Waals surface area contributed by atoms with Gasteiger partial charge in [-0.2, -0.15) is 23.4 Å². The molecule has 2 fully saturated rings. The van der Waals surface area contributed by atoms with E-state index in [1.807, 2.05) is 0 Å². The molecule has 1 atom stereocenters. The second-order valence-electron chi connectivity index (χ2n) is 8.83. The Morgan fingerprint density at radius 2 is 1.84 bits per heavy atom. The van der Waals surface area contributed by atoms with Crippen LogP contribution in [0.3, 0.4) is 0 Å². The zero-order chi connectivity index (χ0) is 22.7. The highest BCUT2D eigenvalue weighted by atomic mass is 19.4. The van der Waals surface area contributed by atoms with Crippen LogP contribution in [0, 0.1) is 17.2 Å². The number of likely N-dealkylation sites (tertiary alicyclic amines) is 1. The van der Waals surface area contributed by atoms with Gasteiger partial charge in [0, 0.05) is 24.7 Å². The fraction of sp³-hybridized carbons (Fsp3) is 0.348. The highest BCUT2D eigenvalue weighted by molar-refractivity contribution is 5.95. The number of carbonyl (C=O) groups is 1. The number of aromatic hydroxyl groups is 1. The maximum atomic E-state index is 14.0. The summed E-state index contributed by atoms with van der Waals surface area (Å²) in [5.41, 5.74) is -2.24. The zero-order valence-electron chi connectivity index (χ0n) is 16.8. The number of hydrogen-bond donors (Lipinski definition) is 1. The summed E-state index contributed by atoms with van der Waals surface area (Å²) in [6.45, 7) is 0.768. The predicted molar refractivity (Wildman–Crippen MR) is 106 cm³/mol. The van der Waals surface area contributed by atoms with Gasteiger partial charge in [-0.1, -0.05) is 18.2 Å². The number of rotatable bonds is 3. The Balaban J connectivity index is 1.34. The molecular weight excluding hydrogens is 426 g/mol. The van der Waals surface area contributed by atoms with Crippen LogP contribution in [-0.4, -0.2) is 29.0 Å². The molecule has 1 N–H and O–H groups in total. The summed E-state index contributed by atoms with van der Waals surface area (Å²) in [7, 11) is 0. The molecule has 1 amide bonds. The van der Waals surface area contributed by atoms with Crippen molar-refractivity contribution in [3.8, 4) is 5.75 Å². The third kappa shape index (κ3) is 3.10. The average molecular weight is 445 g/mol. The molecule has 0 radical (unpaired) electrons. The second-order valence-corrected chi connectivity index (χ2v) is 8.83. The lowest BCUT2D eigenvalue weighted by Gasteiger charge is -2.61. The molecule has 1 spiro atoms. The minimum atomic E-state index is -4.51. The molecule has 0 bridgehead atoms. The molecule has 2 heterocycles. The fourth-order valence-electron chi connectivity index (χ4n) is 5.28. The molecular formula is C23H19F4N3O2. The Kier molecular flexibility index (Phi) is 4.44.